The molecule has 0 aromatic rings. The average Bonchev–Trinajstić information content (AvgIpc) is 2.79. The summed E-state index contributed by atoms with van der Waals surface area (Å²) < 4.78 is 18.0. The molecule has 32 heavy (non-hydrogen) atoms. The first-order valence-electron chi connectivity index (χ1n) is 8.47. The molecule has 0 aliphatic heterocycles. The number of rotatable bonds is 14. The third-order valence-corrected chi connectivity index (χ3v) is 2.35. The van der Waals surface area contributed by atoms with E-state index < -0.39 is 18.1 Å². The second kappa shape index (κ2) is 24.5. The summed E-state index contributed by atoms with van der Waals surface area (Å²) in [4.78, 5) is 83.7. The van der Waals surface area contributed by atoms with Gasteiger partial charge >= 0.3 is 18.1 Å². The van der Waals surface area contributed by atoms with Gasteiger partial charge in [-0.2, -0.15) is 0 Å². The number of isocyanates is 4. The summed E-state index contributed by atoms with van der Waals surface area (Å²) in [5.74, 6) is -1.53. The Morgan fingerprint density at radius 3 is 1.09 bits per heavy atom. The number of carbonyl (C=O) groups excluding carboxylic acids is 7. The highest BCUT2D eigenvalue weighted by Crippen LogP contribution is 1.87. The van der Waals surface area contributed by atoms with Gasteiger partial charge in [-0.1, -0.05) is 0 Å². The molecule has 0 N–H and O–H groups in total. The van der Waals surface area contributed by atoms with Crippen LogP contribution >= 0.6 is 0 Å². The second-order valence-corrected chi connectivity index (χ2v) is 4.51. The van der Waals surface area contributed by atoms with Gasteiger partial charge in [-0.05, 0) is 0 Å². The topological polar surface area (TPSA) is 206 Å². The number of hydrogen-bond donors (Lipinski definition) is 0. The van der Waals surface area contributed by atoms with Crippen molar-refractivity contribution in [1.29, 1.82) is 0 Å². The summed E-state index contributed by atoms with van der Waals surface area (Å²) in [7, 11) is 0. The van der Waals surface area contributed by atoms with Crippen molar-refractivity contribution in [3.05, 3.63) is 12.2 Å². The van der Waals surface area contributed by atoms with Crippen LogP contribution < -0.4 is 0 Å². The molecule has 0 bridgehead atoms. The zero-order valence-electron chi connectivity index (χ0n) is 16.6. The van der Waals surface area contributed by atoms with Gasteiger partial charge in [0, 0.05) is 12.2 Å². The molecule has 0 saturated heterocycles. The fourth-order valence-electron chi connectivity index (χ4n) is 1.19. The highest BCUT2D eigenvalue weighted by Gasteiger charge is 2.02. The predicted octanol–water partition coefficient (Wildman–Crippen LogP) is -0.888. The molecule has 15 nitrogen and oxygen atoms in total. The molecule has 172 valence electrons. The number of aliphatic imine (C=N–C) groups is 4. The van der Waals surface area contributed by atoms with Gasteiger partial charge in [0.15, 0.2) is 0 Å². The summed E-state index contributed by atoms with van der Waals surface area (Å²) >= 11 is 0. The van der Waals surface area contributed by atoms with Crippen molar-refractivity contribution in [3.8, 4) is 0 Å². The third-order valence-electron chi connectivity index (χ3n) is 2.35. The number of ether oxygens (including phenoxy) is 4. The van der Waals surface area contributed by atoms with E-state index in [2.05, 4.69) is 38.9 Å². The molecule has 15 heteroatoms. The third kappa shape index (κ3) is 25.5. The molecule has 0 rings (SSSR count). The monoisotopic (exact) mass is 454 g/mol. The molecule has 0 aromatic heterocycles. The minimum atomic E-state index is -0.896. The van der Waals surface area contributed by atoms with Crippen LogP contribution in [-0.2, 0) is 47.7 Å². The van der Waals surface area contributed by atoms with E-state index in [0.717, 1.165) is 12.2 Å². The molecule has 0 aromatic carbocycles. The number of carbonyl (C=O) groups is 3. The Bertz CT molecular complexity index is 737. The fourth-order valence-corrected chi connectivity index (χ4v) is 1.19. The van der Waals surface area contributed by atoms with Crippen LogP contribution in [0, 0.1) is 0 Å². The van der Waals surface area contributed by atoms with Gasteiger partial charge in [-0.25, -0.2) is 53.5 Å². The van der Waals surface area contributed by atoms with Crippen LogP contribution in [0.2, 0.25) is 0 Å². The van der Waals surface area contributed by atoms with Gasteiger partial charge in [-0.15, -0.1) is 0 Å². The van der Waals surface area contributed by atoms with E-state index in [1.54, 1.807) is 0 Å². The van der Waals surface area contributed by atoms with Crippen molar-refractivity contribution in [3.63, 3.8) is 0 Å². The molecule has 0 aliphatic rings. The Labute approximate surface area is 180 Å². The number of nitrogens with zero attached hydrogens (tertiary/aromatic N) is 4. The molecule has 0 atom stereocenters. The van der Waals surface area contributed by atoms with Crippen LogP contribution in [0.15, 0.2) is 32.1 Å². The van der Waals surface area contributed by atoms with Gasteiger partial charge < -0.3 is 18.9 Å². The summed E-state index contributed by atoms with van der Waals surface area (Å²) in [5, 5.41) is 0. The minimum Gasteiger partial charge on any atom is -0.461 e. The van der Waals surface area contributed by atoms with Crippen molar-refractivity contribution in [1.82, 2.24) is 0 Å². The minimum absolute atomic E-state index is 0.0111. The molecule has 0 aliphatic carbocycles. The highest BCUT2D eigenvalue weighted by atomic mass is 16.7. The summed E-state index contributed by atoms with van der Waals surface area (Å²) in [6, 6.07) is 0. The van der Waals surface area contributed by atoms with Crippen LogP contribution in [0.1, 0.15) is 0 Å². The lowest BCUT2D eigenvalue weighted by Gasteiger charge is -2.01. The van der Waals surface area contributed by atoms with Crippen molar-refractivity contribution in [2.24, 2.45) is 20.0 Å². The fraction of sp³-hybridized carbons (Fsp3) is 0.471. The van der Waals surface area contributed by atoms with Crippen molar-refractivity contribution in [2.75, 3.05) is 52.6 Å². The Balaban J connectivity index is 0. The standard InChI is InChI=1S/C10H10N2O6.C7H8N2O5/c13-7-11-3-5-17-9(15)1-2-10(16)18-6-4-12-8-14;10-5-8-1-3-13-7(12)14-4-2-9-6-11/h1-2H,3-6H2;1-4H2. The Hall–Kier alpha value is -4.53. The molecule has 0 radical (unpaired) electrons. The maximum absolute atomic E-state index is 11.0. The normalized spacial score (nSPS) is 8.62. The average molecular weight is 454 g/mol. The van der Waals surface area contributed by atoms with E-state index in [-0.39, 0.29) is 52.6 Å². The molecule has 0 fully saturated rings. The first-order chi connectivity index (χ1) is 15.5. The lowest BCUT2D eigenvalue weighted by Crippen LogP contribution is -2.11. The van der Waals surface area contributed by atoms with E-state index in [9.17, 15) is 33.6 Å². The van der Waals surface area contributed by atoms with Gasteiger partial charge in [0.05, 0.1) is 26.2 Å². The maximum atomic E-state index is 11.0. The Morgan fingerprint density at radius 2 is 0.812 bits per heavy atom. The van der Waals surface area contributed by atoms with E-state index in [1.165, 1.54) is 24.3 Å². The maximum Gasteiger partial charge on any atom is 0.508 e. The lowest BCUT2D eigenvalue weighted by atomic mass is 10.5. The Kier molecular flexibility index (Phi) is 22.7. The lowest BCUT2D eigenvalue weighted by molar-refractivity contribution is -0.140. The van der Waals surface area contributed by atoms with Gasteiger partial charge in [0.2, 0.25) is 24.3 Å². The van der Waals surface area contributed by atoms with Gasteiger partial charge in [0.25, 0.3) is 0 Å². The molecular formula is C17H18N4O11. The Morgan fingerprint density at radius 1 is 0.531 bits per heavy atom. The number of esters is 2. The quantitative estimate of drug-likeness (QED) is 0.0785. The van der Waals surface area contributed by atoms with E-state index >= 15 is 0 Å². The largest absolute Gasteiger partial charge is 0.508 e. The van der Waals surface area contributed by atoms with Gasteiger partial charge in [0.1, 0.15) is 26.4 Å². The molecule has 0 amide bonds. The molecular weight excluding hydrogens is 436 g/mol. The summed E-state index contributed by atoms with van der Waals surface area (Å²) in [5.41, 5.74) is 0. The predicted molar refractivity (Wildman–Crippen MR) is 100 cm³/mol. The van der Waals surface area contributed by atoms with E-state index in [4.69, 9.17) is 0 Å². The van der Waals surface area contributed by atoms with E-state index in [1.807, 2.05) is 0 Å². The van der Waals surface area contributed by atoms with Crippen LogP contribution in [0.25, 0.3) is 0 Å². The van der Waals surface area contributed by atoms with Crippen LogP contribution in [-0.4, -0.2) is 95.0 Å². The first-order valence-corrected chi connectivity index (χ1v) is 8.47. The van der Waals surface area contributed by atoms with E-state index in [0.29, 0.717) is 0 Å². The number of hydrogen-bond acceptors (Lipinski definition) is 15. The second-order valence-electron chi connectivity index (χ2n) is 4.51. The summed E-state index contributed by atoms with van der Waals surface area (Å²) in [6.45, 7) is -0.149. The molecule has 0 spiro atoms. The SMILES string of the molecule is O=C=NCCOC(=O)C=CC(=O)OCCN=C=O.O=C=NCCOC(=O)OCCN=C=O. The van der Waals surface area contributed by atoms with Crippen LogP contribution in [0.5, 0.6) is 0 Å². The van der Waals surface area contributed by atoms with Crippen LogP contribution in [0.3, 0.4) is 0 Å². The highest BCUT2D eigenvalue weighted by molar-refractivity contribution is 5.91. The summed E-state index contributed by atoms with van der Waals surface area (Å²) in [6.07, 6.45) is 5.98. The van der Waals surface area contributed by atoms with Gasteiger partial charge in [-0.3, -0.25) is 0 Å². The zero-order valence-corrected chi connectivity index (χ0v) is 16.6. The first kappa shape index (κ1) is 29.7. The van der Waals surface area contributed by atoms with Crippen molar-refractivity contribution in [2.45, 2.75) is 0 Å². The molecule has 0 saturated carbocycles. The zero-order chi connectivity index (χ0) is 24.3. The van der Waals surface area contributed by atoms with Crippen molar-refractivity contribution >= 4 is 42.4 Å². The molecule has 0 heterocycles. The van der Waals surface area contributed by atoms with Crippen molar-refractivity contribution < 1.29 is 52.5 Å². The smallest absolute Gasteiger partial charge is 0.461 e. The van der Waals surface area contributed by atoms with Crippen LogP contribution in [0.4, 0.5) is 4.79 Å². The molecule has 0 unspecified atom stereocenters.